The molecular formula is C22H24N4O3S. The van der Waals surface area contributed by atoms with E-state index >= 15 is 0 Å². The lowest BCUT2D eigenvalue weighted by molar-refractivity contribution is -0.136. The lowest BCUT2D eigenvalue weighted by Crippen LogP contribution is -2.25. The Hall–Kier alpha value is -2.97. The number of anilines is 1. The van der Waals surface area contributed by atoms with Gasteiger partial charge in [0.2, 0.25) is 0 Å². The van der Waals surface area contributed by atoms with Gasteiger partial charge in [0.15, 0.2) is 0 Å². The van der Waals surface area contributed by atoms with Crippen molar-refractivity contribution in [1.29, 1.82) is 0 Å². The minimum Gasteiger partial charge on any atom is -0.489 e. The molecule has 1 aromatic heterocycles. The highest BCUT2D eigenvalue weighted by Crippen LogP contribution is 2.40. The number of nitrogens with one attached hydrogen (secondary N) is 1. The van der Waals surface area contributed by atoms with Crippen LogP contribution in [0.3, 0.4) is 0 Å². The fraction of sp³-hybridized carbons (Fsp3) is 0.318. The molecule has 0 fully saturated rings. The van der Waals surface area contributed by atoms with Gasteiger partial charge >= 0.3 is 5.97 Å². The van der Waals surface area contributed by atoms with Crippen LogP contribution in [0.4, 0.5) is 5.69 Å². The van der Waals surface area contributed by atoms with E-state index in [1.165, 1.54) is 16.9 Å². The van der Waals surface area contributed by atoms with E-state index in [1.807, 2.05) is 38.1 Å². The summed E-state index contributed by atoms with van der Waals surface area (Å²) in [6.45, 7) is 3.88. The molecule has 30 heavy (non-hydrogen) atoms. The molecule has 0 aliphatic heterocycles. The molecular weight excluding hydrogens is 400 g/mol. The minimum atomic E-state index is -0.850. The molecule has 156 valence electrons. The number of aromatic nitrogens is 2. The highest BCUT2D eigenvalue weighted by Gasteiger charge is 2.26. The van der Waals surface area contributed by atoms with E-state index in [0.717, 1.165) is 39.5 Å². The normalized spacial score (nSPS) is 15.4. The molecule has 0 saturated heterocycles. The summed E-state index contributed by atoms with van der Waals surface area (Å²) in [5.41, 5.74) is 11.0. The fourth-order valence-electron chi connectivity index (χ4n) is 3.77. The van der Waals surface area contributed by atoms with E-state index in [0.29, 0.717) is 11.4 Å². The van der Waals surface area contributed by atoms with E-state index in [-0.39, 0.29) is 18.7 Å². The summed E-state index contributed by atoms with van der Waals surface area (Å²) < 4.78 is 5.71. The number of nitrogens with zero attached hydrogens (tertiary/aromatic N) is 2. The lowest BCUT2D eigenvalue weighted by Gasteiger charge is -2.13. The number of carboxylic acids is 1. The third-order valence-electron chi connectivity index (χ3n) is 5.05. The Bertz CT molecular complexity index is 1080. The Labute approximate surface area is 178 Å². The van der Waals surface area contributed by atoms with Gasteiger partial charge in [0.1, 0.15) is 15.8 Å². The molecule has 0 unspecified atom stereocenters. The average Bonchev–Trinajstić information content (AvgIpc) is 3.34. The van der Waals surface area contributed by atoms with Crippen molar-refractivity contribution in [3.05, 3.63) is 47.5 Å². The number of ether oxygens (including phenoxy) is 1. The van der Waals surface area contributed by atoms with E-state index in [4.69, 9.17) is 15.6 Å². The first-order valence-electron chi connectivity index (χ1n) is 9.89. The molecule has 4 N–H and O–H groups in total. The van der Waals surface area contributed by atoms with Crippen LogP contribution in [0.5, 0.6) is 5.75 Å². The molecule has 1 atom stereocenters. The van der Waals surface area contributed by atoms with Crippen molar-refractivity contribution in [3.63, 3.8) is 0 Å². The van der Waals surface area contributed by atoms with Crippen LogP contribution in [-0.2, 0) is 11.2 Å². The molecule has 0 bridgehead atoms. The number of hydrogen-bond acceptors (Lipinski definition) is 7. The molecule has 0 saturated carbocycles. The van der Waals surface area contributed by atoms with Crippen molar-refractivity contribution in [2.75, 3.05) is 12.3 Å². The molecule has 1 aliphatic rings. The van der Waals surface area contributed by atoms with Crippen molar-refractivity contribution in [2.45, 2.75) is 38.8 Å². The van der Waals surface area contributed by atoms with Gasteiger partial charge in [0, 0.05) is 17.2 Å². The first-order valence-corrected chi connectivity index (χ1v) is 10.7. The summed E-state index contributed by atoms with van der Waals surface area (Å²) in [5.74, 6) is -0.184. The van der Waals surface area contributed by atoms with Gasteiger partial charge in [-0.15, -0.1) is 10.2 Å². The quantitative estimate of drug-likeness (QED) is 0.493. The van der Waals surface area contributed by atoms with Gasteiger partial charge in [0.25, 0.3) is 0 Å². The maximum atomic E-state index is 10.9. The number of carboxylic acid groups (broad SMARTS) is 1. The standard InChI is InChI=1S/C22H24N4O3S/c1-12(2)29-19-9-6-13(10-17(19)23)21-25-26-22(30-21)16-5-3-4-15-14(16)7-8-18(15)24-11-20(27)28/h3-6,9-10,12,18,24H,7-8,11,23H2,1-2H3,(H,27,28)/t18-/m0/s1. The van der Waals surface area contributed by atoms with E-state index in [9.17, 15) is 4.79 Å². The molecule has 1 aliphatic carbocycles. The van der Waals surface area contributed by atoms with Crippen molar-refractivity contribution in [3.8, 4) is 26.9 Å². The summed E-state index contributed by atoms with van der Waals surface area (Å²) in [6, 6.07) is 11.8. The number of benzene rings is 2. The zero-order valence-electron chi connectivity index (χ0n) is 16.9. The van der Waals surface area contributed by atoms with Crippen LogP contribution >= 0.6 is 11.3 Å². The second kappa shape index (κ2) is 8.41. The SMILES string of the molecule is CC(C)Oc1ccc(-c2nnc(-c3cccc4c3CC[C@@H]4NCC(=O)O)s2)cc1N. The number of nitrogen functional groups attached to an aromatic ring is 1. The van der Waals surface area contributed by atoms with Gasteiger partial charge in [-0.1, -0.05) is 29.5 Å². The van der Waals surface area contributed by atoms with E-state index in [2.05, 4.69) is 27.6 Å². The van der Waals surface area contributed by atoms with Crippen LogP contribution in [0.2, 0.25) is 0 Å². The second-order valence-corrected chi connectivity index (χ2v) is 8.55. The average molecular weight is 425 g/mol. The molecule has 0 amide bonds. The topological polar surface area (TPSA) is 110 Å². The first kappa shape index (κ1) is 20.3. The highest BCUT2D eigenvalue weighted by molar-refractivity contribution is 7.17. The van der Waals surface area contributed by atoms with Crippen molar-refractivity contribution in [2.24, 2.45) is 0 Å². The summed E-state index contributed by atoms with van der Waals surface area (Å²) in [7, 11) is 0. The van der Waals surface area contributed by atoms with Crippen LogP contribution in [-0.4, -0.2) is 33.9 Å². The molecule has 3 aromatic rings. The summed E-state index contributed by atoms with van der Waals surface area (Å²) >= 11 is 1.52. The third kappa shape index (κ3) is 4.15. The maximum absolute atomic E-state index is 10.9. The Kier molecular flexibility index (Phi) is 5.69. The minimum absolute atomic E-state index is 0.0464. The smallest absolute Gasteiger partial charge is 0.317 e. The zero-order valence-corrected chi connectivity index (χ0v) is 17.7. The highest BCUT2D eigenvalue weighted by atomic mass is 32.1. The monoisotopic (exact) mass is 424 g/mol. The molecule has 2 aromatic carbocycles. The van der Waals surface area contributed by atoms with Crippen molar-refractivity contribution in [1.82, 2.24) is 15.5 Å². The Morgan fingerprint density at radius 3 is 2.83 bits per heavy atom. The number of aliphatic carboxylic acids is 1. The Morgan fingerprint density at radius 2 is 2.10 bits per heavy atom. The second-order valence-electron chi connectivity index (χ2n) is 7.57. The molecule has 1 heterocycles. The fourth-order valence-corrected chi connectivity index (χ4v) is 4.66. The summed E-state index contributed by atoms with van der Waals surface area (Å²) in [5, 5.41) is 22.5. The predicted molar refractivity (Wildman–Crippen MR) is 118 cm³/mol. The number of fused-ring (bicyclic) bond motifs is 1. The summed E-state index contributed by atoms with van der Waals surface area (Å²) in [4.78, 5) is 10.9. The number of carbonyl (C=O) groups is 1. The Morgan fingerprint density at radius 1 is 1.30 bits per heavy atom. The largest absolute Gasteiger partial charge is 0.489 e. The predicted octanol–water partition coefficient (Wildman–Crippen LogP) is 3.90. The first-order chi connectivity index (χ1) is 14.4. The molecule has 0 spiro atoms. The summed E-state index contributed by atoms with van der Waals surface area (Å²) in [6.07, 6.45) is 1.81. The van der Waals surface area contributed by atoms with Crippen LogP contribution < -0.4 is 15.8 Å². The van der Waals surface area contributed by atoms with Gasteiger partial charge in [-0.2, -0.15) is 0 Å². The van der Waals surface area contributed by atoms with Crippen LogP contribution in [0.25, 0.3) is 21.1 Å². The zero-order chi connectivity index (χ0) is 21.3. The van der Waals surface area contributed by atoms with E-state index < -0.39 is 5.97 Å². The van der Waals surface area contributed by atoms with E-state index in [1.54, 1.807) is 0 Å². The van der Waals surface area contributed by atoms with Crippen molar-refractivity contribution >= 4 is 23.0 Å². The lowest BCUT2D eigenvalue weighted by atomic mass is 10.0. The van der Waals surface area contributed by atoms with Crippen LogP contribution in [0.15, 0.2) is 36.4 Å². The Balaban J connectivity index is 1.60. The van der Waals surface area contributed by atoms with Gasteiger partial charge in [-0.3, -0.25) is 4.79 Å². The maximum Gasteiger partial charge on any atom is 0.317 e. The third-order valence-corrected chi connectivity index (χ3v) is 6.05. The van der Waals surface area contributed by atoms with Gasteiger partial charge < -0.3 is 20.9 Å². The number of nitrogens with two attached hydrogens (primary N) is 1. The van der Waals surface area contributed by atoms with Crippen molar-refractivity contribution < 1.29 is 14.6 Å². The van der Waals surface area contributed by atoms with Crippen LogP contribution in [0.1, 0.15) is 37.4 Å². The number of hydrogen-bond donors (Lipinski definition) is 3. The molecule has 4 rings (SSSR count). The van der Waals surface area contributed by atoms with Gasteiger partial charge in [-0.25, -0.2) is 0 Å². The molecule has 8 heteroatoms. The van der Waals surface area contributed by atoms with Gasteiger partial charge in [0.05, 0.1) is 18.3 Å². The number of rotatable bonds is 7. The molecule has 7 nitrogen and oxygen atoms in total. The van der Waals surface area contributed by atoms with Gasteiger partial charge in [-0.05, 0) is 56.0 Å². The van der Waals surface area contributed by atoms with Crippen LogP contribution in [0, 0.1) is 0 Å². The molecule has 0 radical (unpaired) electrons.